The number of anilines is 1. The highest BCUT2D eigenvalue weighted by molar-refractivity contribution is 9.13. The van der Waals surface area contributed by atoms with E-state index in [1.165, 1.54) is 4.88 Å². The lowest BCUT2D eigenvalue weighted by Gasteiger charge is -2.04. The fraction of sp³-hybridized carbons (Fsp3) is 0.0769. The van der Waals surface area contributed by atoms with Gasteiger partial charge in [0.15, 0.2) is 0 Å². The van der Waals surface area contributed by atoms with Crippen LogP contribution in [0, 0.1) is 12.3 Å². The number of nitrogens with one attached hydrogen (secondary N) is 1. The molecule has 17 heavy (non-hydrogen) atoms. The lowest BCUT2D eigenvalue weighted by molar-refractivity contribution is 1.19. The first-order valence-electron chi connectivity index (χ1n) is 4.93. The van der Waals surface area contributed by atoms with Crippen LogP contribution in [-0.2, 0) is 6.54 Å². The van der Waals surface area contributed by atoms with Crippen molar-refractivity contribution < 1.29 is 0 Å². The van der Waals surface area contributed by atoms with Gasteiger partial charge in [0.05, 0.1) is 3.79 Å². The highest BCUT2D eigenvalue weighted by Crippen LogP contribution is 2.32. The molecule has 0 amide bonds. The van der Waals surface area contributed by atoms with Crippen molar-refractivity contribution in [2.24, 2.45) is 0 Å². The van der Waals surface area contributed by atoms with E-state index in [1.54, 1.807) is 11.3 Å². The van der Waals surface area contributed by atoms with E-state index in [2.05, 4.69) is 49.2 Å². The Kier molecular flexibility index (Phi) is 4.27. The third kappa shape index (κ3) is 3.35. The summed E-state index contributed by atoms with van der Waals surface area (Å²) in [6, 6.07) is 9.96. The first-order chi connectivity index (χ1) is 8.19. The van der Waals surface area contributed by atoms with Crippen LogP contribution in [0.1, 0.15) is 10.4 Å². The number of benzene rings is 1. The molecule has 0 bridgehead atoms. The normalized spacial score (nSPS) is 9.94. The molecule has 1 N–H and O–H groups in total. The van der Waals surface area contributed by atoms with Gasteiger partial charge in [-0.05, 0) is 56.1 Å². The second kappa shape index (κ2) is 5.72. The van der Waals surface area contributed by atoms with Crippen molar-refractivity contribution in [2.45, 2.75) is 6.54 Å². The predicted molar refractivity (Wildman–Crippen MR) is 81.4 cm³/mol. The molecule has 0 radical (unpaired) electrons. The molecule has 2 rings (SSSR count). The summed E-state index contributed by atoms with van der Waals surface area (Å²) in [5.74, 6) is 2.63. The number of rotatable bonds is 3. The zero-order valence-corrected chi connectivity index (χ0v) is 12.8. The van der Waals surface area contributed by atoms with E-state index in [0.717, 1.165) is 26.1 Å². The Morgan fingerprint density at radius 2 is 2.12 bits per heavy atom. The molecule has 0 unspecified atom stereocenters. The number of halogens is 2. The topological polar surface area (TPSA) is 12.0 Å². The first-order valence-corrected chi connectivity index (χ1v) is 7.33. The Morgan fingerprint density at radius 3 is 2.76 bits per heavy atom. The van der Waals surface area contributed by atoms with E-state index >= 15 is 0 Å². The molecular formula is C13H9Br2NS. The molecule has 1 aromatic carbocycles. The van der Waals surface area contributed by atoms with Gasteiger partial charge in [0.1, 0.15) is 0 Å². The summed E-state index contributed by atoms with van der Waals surface area (Å²) in [6.07, 6.45) is 5.36. The van der Waals surface area contributed by atoms with Gasteiger partial charge < -0.3 is 5.32 Å². The van der Waals surface area contributed by atoms with E-state index in [-0.39, 0.29) is 0 Å². The average Bonchev–Trinajstić information content (AvgIpc) is 2.67. The summed E-state index contributed by atoms with van der Waals surface area (Å²) in [6.45, 7) is 0.795. The molecule has 4 heteroatoms. The van der Waals surface area contributed by atoms with E-state index in [4.69, 9.17) is 6.42 Å². The van der Waals surface area contributed by atoms with Gasteiger partial charge in [0.2, 0.25) is 0 Å². The zero-order chi connectivity index (χ0) is 12.3. The lowest BCUT2D eigenvalue weighted by atomic mass is 10.2. The van der Waals surface area contributed by atoms with Crippen molar-refractivity contribution in [1.29, 1.82) is 0 Å². The molecule has 0 aliphatic carbocycles. The van der Waals surface area contributed by atoms with E-state index in [0.29, 0.717) is 0 Å². The lowest BCUT2D eigenvalue weighted by Crippen LogP contribution is -1.97. The monoisotopic (exact) mass is 369 g/mol. The van der Waals surface area contributed by atoms with Crippen LogP contribution in [0.2, 0.25) is 0 Å². The third-order valence-corrected chi connectivity index (χ3v) is 5.45. The SMILES string of the molecule is C#Cc1cccc(NCc2cc(Br)c(Br)s2)c1. The van der Waals surface area contributed by atoms with Gasteiger partial charge in [-0.2, -0.15) is 0 Å². The van der Waals surface area contributed by atoms with Gasteiger partial charge in [-0.1, -0.05) is 12.0 Å². The van der Waals surface area contributed by atoms with Crippen molar-refractivity contribution in [1.82, 2.24) is 0 Å². The standard InChI is InChI=1S/C13H9Br2NS/c1-2-9-4-3-5-10(6-9)16-8-11-7-12(14)13(15)17-11/h1,3-7,16H,8H2. The van der Waals surface area contributed by atoms with Crippen molar-refractivity contribution >= 4 is 48.9 Å². The largest absolute Gasteiger partial charge is 0.380 e. The summed E-state index contributed by atoms with van der Waals surface area (Å²) < 4.78 is 2.21. The fourth-order valence-electron chi connectivity index (χ4n) is 1.39. The summed E-state index contributed by atoms with van der Waals surface area (Å²) in [5, 5.41) is 3.35. The summed E-state index contributed by atoms with van der Waals surface area (Å²) in [5.41, 5.74) is 1.93. The van der Waals surface area contributed by atoms with Gasteiger partial charge >= 0.3 is 0 Å². The molecule has 86 valence electrons. The minimum Gasteiger partial charge on any atom is -0.380 e. The van der Waals surface area contributed by atoms with Crippen LogP contribution in [0.15, 0.2) is 38.6 Å². The summed E-state index contributed by atoms with van der Waals surface area (Å²) in [7, 11) is 0. The van der Waals surface area contributed by atoms with E-state index < -0.39 is 0 Å². The van der Waals surface area contributed by atoms with Crippen molar-refractivity contribution in [3.8, 4) is 12.3 Å². The molecule has 1 nitrogen and oxygen atoms in total. The van der Waals surface area contributed by atoms with Crippen molar-refractivity contribution in [3.63, 3.8) is 0 Å². The van der Waals surface area contributed by atoms with E-state index in [9.17, 15) is 0 Å². The second-order valence-electron chi connectivity index (χ2n) is 3.41. The van der Waals surface area contributed by atoms with Gasteiger partial charge in [0.25, 0.3) is 0 Å². The fourth-order valence-corrected chi connectivity index (χ4v) is 3.50. The zero-order valence-electron chi connectivity index (χ0n) is 8.84. The van der Waals surface area contributed by atoms with Crippen LogP contribution in [0.5, 0.6) is 0 Å². The molecular weight excluding hydrogens is 362 g/mol. The van der Waals surface area contributed by atoms with Crippen LogP contribution in [-0.4, -0.2) is 0 Å². The average molecular weight is 371 g/mol. The maximum Gasteiger partial charge on any atom is 0.0843 e. The molecule has 2 aromatic rings. The highest BCUT2D eigenvalue weighted by atomic mass is 79.9. The molecule has 0 atom stereocenters. The van der Waals surface area contributed by atoms with Crippen LogP contribution < -0.4 is 5.32 Å². The number of hydrogen-bond acceptors (Lipinski definition) is 2. The minimum atomic E-state index is 0.795. The Bertz CT molecular complexity index is 550. The smallest absolute Gasteiger partial charge is 0.0843 e. The molecule has 0 aliphatic rings. The maximum atomic E-state index is 5.36. The van der Waals surface area contributed by atoms with Gasteiger partial charge in [0, 0.05) is 27.1 Å². The quantitative estimate of drug-likeness (QED) is 0.760. The molecule has 0 saturated carbocycles. The van der Waals surface area contributed by atoms with Crippen LogP contribution in [0.4, 0.5) is 5.69 Å². The molecule has 1 heterocycles. The van der Waals surface area contributed by atoms with E-state index in [1.807, 2.05) is 24.3 Å². The summed E-state index contributed by atoms with van der Waals surface area (Å²) >= 11 is 8.67. The maximum absolute atomic E-state index is 5.36. The number of terminal acetylenes is 1. The Morgan fingerprint density at radius 1 is 1.29 bits per heavy atom. The van der Waals surface area contributed by atoms with Gasteiger partial charge in [-0.15, -0.1) is 17.8 Å². The second-order valence-corrected chi connectivity index (χ2v) is 6.72. The molecule has 0 saturated heterocycles. The Balaban J connectivity index is 2.05. The molecule has 0 spiro atoms. The Labute approximate surface area is 122 Å². The van der Waals surface area contributed by atoms with Crippen molar-refractivity contribution in [3.05, 3.63) is 49.0 Å². The molecule has 1 aromatic heterocycles. The van der Waals surface area contributed by atoms with Crippen LogP contribution in [0.3, 0.4) is 0 Å². The minimum absolute atomic E-state index is 0.795. The first kappa shape index (κ1) is 12.7. The predicted octanol–water partition coefficient (Wildman–Crippen LogP) is 4.87. The number of thiophene rings is 1. The summed E-state index contributed by atoms with van der Waals surface area (Å²) in [4.78, 5) is 1.26. The van der Waals surface area contributed by atoms with Gasteiger partial charge in [-0.25, -0.2) is 0 Å². The third-order valence-electron chi connectivity index (χ3n) is 2.19. The Hall–Kier alpha value is -0.760. The molecule has 0 aliphatic heterocycles. The van der Waals surface area contributed by atoms with Gasteiger partial charge in [-0.3, -0.25) is 0 Å². The number of hydrogen-bond donors (Lipinski definition) is 1. The van der Waals surface area contributed by atoms with Crippen LogP contribution in [0.25, 0.3) is 0 Å². The van der Waals surface area contributed by atoms with Crippen molar-refractivity contribution in [2.75, 3.05) is 5.32 Å². The van der Waals surface area contributed by atoms with Crippen LogP contribution >= 0.6 is 43.2 Å². The highest BCUT2D eigenvalue weighted by Gasteiger charge is 2.03. The molecule has 0 fully saturated rings.